The van der Waals surface area contributed by atoms with Gasteiger partial charge in [0.15, 0.2) is 0 Å². The van der Waals surface area contributed by atoms with E-state index in [2.05, 4.69) is 0 Å². The third-order valence-corrected chi connectivity index (χ3v) is 5.99. The monoisotopic (exact) mass is 421 g/mol. The number of amides is 2. The van der Waals surface area contributed by atoms with Gasteiger partial charge < -0.3 is 10.5 Å². The van der Waals surface area contributed by atoms with Crippen molar-refractivity contribution in [2.24, 2.45) is 5.73 Å². The van der Waals surface area contributed by atoms with Gasteiger partial charge in [0.05, 0.1) is 22.8 Å². The van der Waals surface area contributed by atoms with Crippen molar-refractivity contribution in [1.82, 2.24) is 5.48 Å². The first-order valence-electron chi connectivity index (χ1n) is 8.72. The fraction of sp³-hybridized carbons (Fsp3) is 0.263. The number of benzene rings is 2. The number of hydroxylamine groups is 1. The molecule has 10 heteroatoms. The Kier molecular flexibility index (Phi) is 7.18. The molecule has 0 saturated heterocycles. The number of hydrogen-bond acceptors (Lipinski definition) is 6. The Bertz CT molecular complexity index is 990. The van der Waals surface area contributed by atoms with E-state index in [0.29, 0.717) is 17.7 Å². The molecule has 0 atom stereocenters. The molecule has 2 aromatic rings. The molecular weight excluding hydrogens is 398 g/mol. The van der Waals surface area contributed by atoms with E-state index in [1.165, 1.54) is 42.9 Å². The zero-order valence-corrected chi connectivity index (χ0v) is 16.9. The van der Waals surface area contributed by atoms with Crippen molar-refractivity contribution < 1.29 is 28.0 Å². The summed E-state index contributed by atoms with van der Waals surface area (Å²) in [7, 11) is -2.64. The summed E-state index contributed by atoms with van der Waals surface area (Å²) in [5.74, 6) is -0.777. The first kappa shape index (κ1) is 22.2. The van der Waals surface area contributed by atoms with Crippen LogP contribution in [0.25, 0.3) is 0 Å². The van der Waals surface area contributed by atoms with Crippen LogP contribution in [0.15, 0.2) is 47.4 Å². The van der Waals surface area contributed by atoms with E-state index < -0.39 is 21.8 Å². The van der Waals surface area contributed by atoms with Gasteiger partial charge in [-0.25, -0.2) is 13.9 Å². The standard InChI is InChI=1S/C19H23N3O6S/c1-13-5-3-6-16(19(24)21-25)18(13)22(2)29(26,27)15-10-8-14(9-11-15)28-12-4-7-17(20)23/h3,5-6,8-11,25H,4,7,12H2,1-2H3,(H2,20,23)(H,21,24). The van der Waals surface area contributed by atoms with Crippen LogP contribution in [0.3, 0.4) is 0 Å². The second kappa shape index (κ2) is 9.39. The highest BCUT2D eigenvalue weighted by atomic mass is 32.2. The maximum atomic E-state index is 13.0. The molecule has 2 rings (SSSR count). The number of sulfonamides is 1. The number of hydrogen-bond donors (Lipinski definition) is 3. The van der Waals surface area contributed by atoms with Gasteiger partial charge in [0, 0.05) is 13.5 Å². The van der Waals surface area contributed by atoms with Crippen molar-refractivity contribution in [3.63, 3.8) is 0 Å². The highest BCUT2D eigenvalue weighted by Gasteiger charge is 2.26. The molecule has 0 heterocycles. The van der Waals surface area contributed by atoms with E-state index in [4.69, 9.17) is 15.7 Å². The van der Waals surface area contributed by atoms with Crippen LogP contribution in [0, 0.1) is 6.92 Å². The molecule has 0 aliphatic carbocycles. The number of aryl methyl sites for hydroxylation is 1. The van der Waals surface area contributed by atoms with Crippen LogP contribution in [0.4, 0.5) is 5.69 Å². The van der Waals surface area contributed by atoms with Crippen LogP contribution in [0.2, 0.25) is 0 Å². The zero-order valence-electron chi connectivity index (χ0n) is 16.1. The Morgan fingerprint density at radius 2 is 1.83 bits per heavy atom. The first-order chi connectivity index (χ1) is 13.7. The lowest BCUT2D eigenvalue weighted by Gasteiger charge is -2.23. The minimum absolute atomic E-state index is 0.00287. The Labute approximate surface area is 169 Å². The van der Waals surface area contributed by atoms with E-state index in [0.717, 1.165) is 4.31 Å². The van der Waals surface area contributed by atoms with Crippen LogP contribution in [-0.2, 0) is 14.8 Å². The van der Waals surface area contributed by atoms with E-state index in [1.54, 1.807) is 19.1 Å². The number of ether oxygens (including phenoxy) is 1. The number of nitrogens with one attached hydrogen (secondary N) is 1. The van der Waals surface area contributed by atoms with Gasteiger partial charge in [0.2, 0.25) is 5.91 Å². The molecule has 4 N–H and O–H groups in total. The van der Waals surface area contributed by atoms with Crippen LogP contribution in [0.5, 0.6) is 5.75 Å². The quantitative estimate of drug-likeness (QED) is 0.319. The molecule has 0 spiro atoms. The van der Waals surface area contributed by atoms with Gasteiger partial charge in [0.25, 0.3) is 15.9 Å². The van der Waals surface area contributed by atoms with Gasteiger partial charge in [-0.1, -0.05) is 12.1 Å². The van der Waals surface area contributed by atoms with E-state index in [9.17, 15) is 18.0 Å². The molecule has 9 nitrogen and oxygen atoms in total. The van der Waals surface area contributed by atoms with Crippen molar-refractivity contribution in [2.45, 2.75) is 24.7 Å². The van der Waals surface area contributed by atoms with Crippen LogP contribution < -0.4 is 20.3 Å². The Balaban J connectivity index is 2.25. The largest absolute Gasteiger partial charge is 0.494 e. The SMILES string of the molecule is Cc1cccc(C(=O)NO)c1N(C)S(=O)(=O)c1ccc(OCCCC(N)=O)cc1. The maximum absolute atomic E-state index is 13.0. The summed E-state index contributed by atoms with van der Waals surface area (Å²) in [5, 5.41) is 8.95. The summed E-state index contributed by atoms with van der Waals surface area (Å²) in [6.07, 6.45) is 0.665. The smallest absolute Gasteiger partial charge is 0.276 e. The predicted octanol–water partition coefficient (Wildman–Crippen LogP) is 1.58. The summed E-state index contributed by atoms with van der Waals surface area (Å²) >= 11 is 0. The fourth-order valence-electron chi connectivity index (χ4n) is 2.74. The van der Waals surface area contributed by atoms with Gasteiger partial charge >= 0.3 is 0 Å². The number of carbonyl (C=O) groups excluding carboxylic acids is 2. The second-order valence-electron chi connectivity index (χ2n) is 6.27. The molecular formula is C19H23N3O6S. The molecule has 0 fully saturated rings. The van der Waals surface area contributed by atoms with Gasteiger partial charge in [-0.3, -0.25) is 19.1 Å². The summed E-state index contributed by atoms with van der Waals surface area (Å²) < 4.78 is 32.5. The normalized spacial score (nSPS) is 11.0. The Hall–Kier alpha value is -3.11. The molecule has 29 heavy (non-hydrogen) atoms. The van der Waals surface area contributed by atoms with Crippen molar-refractivity contribution >= 4 is 27.5 Å². The molecule has 2 amide bonds. The van der Waals surface area contributed by atoms with Gasteiger partial charge in [0.1, 0.15) is 5.75 Å². The number of rotatable bonds is 9. The summed E-state index contributed by atoms with van der Waals surface area (Å²) in [6.45, 7) is 1.94. The van der Waals surface area contributed by atoms with Crippen molar-refractivity contribution in [1.29, 1.82) is 0 Å². The van der Waals surface area contributed by atoms with E-state index >= 15 is 0 Å². The number of nitrogens with zero attached hydrogens (tertiary/aromatic N) is 1. The van der Waals surface area contributed by atoms with Gasteiger partial charge in [-0.05, 0) is 49.2 Å². The number of carbonyl (C=O) groups is 2. The van der Waals surface area contributed by atoms with E-state index in [1.807, 2.05) is 0 Å². The molecule has 156 valence electrons. The molecule has 2 aromatic carbocycles. The Morgan fingerprint density at radius 1 is 1.17 bits per heavy atom. The minimum Gasteiger partial charge on any atom is -0.494 e. The van der Waals surface area contributed by atoms with Crippen molar-refractivity contribution in [3.05, 3.63) is 53.6 Å². The van der Waals surface area contributed by atoms with Crippen LogP contribution in [-0.4, -0.2) is 39.1 Å². The summed E-state index contributed by atoms with van der Waals surface area (Å²) in [5.41, 5.74) is 7.32. The molecule has 0 radical (unpaired) electrons. The summed E-state index contributed by atoms with van der Waals surface area (Å²) in [4.78, 5) is 22.7. The molecule has 0 aliphatic heterocycles. The van der Waals surface area contributed by atoms with Gasteiger partial charge in [-0.2, -0.15) is 0 Å². The number of anilines is 1. The van der Waals surface area contributed by atoms with Gasteiger partial charge in [-0.15, -0.1) is 0 Å². The maximum Gasteiger partial charge on any atom is 0.276 e. The van der Waals surface area contributed by atoms with Crippen molar-refractivity contribution in [3.8, 4) is 5.75 Å². The topological polar surface area (TPSA) is 139 Å². The van der Waals surface area contributed by atoms with Crippen LogP contribution >= 0.6 is 0 Å². The van der Waals surface area contributed by atoms with Crippen LogP contribution in [0.1, 0.15) is 28.8 Å². The molecule has 0 saturated carbocycles. The molecule has 0 aliphatic rings. The molecule has 0 aromatic heterocycles. The fourth-order valence-corrected chi connectivity index (χ4v) is 4.02. The lowest BCUT2D eigenvalue weighted by Crippen LogP contribution is -2.30. The average molecular weight is 421 g/mol. The number of primary amides is 1. The second-order valence-corrected chi connectivity index (χ2v) is 8.24. The van der Waals surface area contributed by atoms with Crippen molar-refractivity contribution in [2.75, 3.05) is 18.0 Å². The Morgan fingerprint density at radius 3 is 2.41 bits per heavy atom. The third-order valence-electron chi connectivity index (χ3n) is 4.22. The number of nitrogens with two attached hydrogens (primary N) is 1. The molecule has 0 bridgehead atoms. The lowest BCUT2D eigenvalue weighted by molar-refractivity contribution is -0.118. The highest BCUT2D eigenvalue weighted by molar-refractivity contribution is 7.92. The highest BCUT2D eigenvalue weighted by Crippen LogP contribution is 2.29. The molecule has 0 unspecified atom stereocenters. The number of para-hydroxylation sites is 1. The summed E-state index contributed by atoms with van der Waals surface area (Å²) in [6, 6.07) is 10.5. The average Bonchev–Trinajstić information content (AvgIpc) is 2.70. The van der Waals surface area contributed by atoms with E-state index in [-0.39, 0.29) is 29.2 Å². The predicted molar refractivity (Wildman–Crippen MR) is 106 cm³/mol. The lowest BCUT2D eigenvalue weighted by atomic mass is 10.1. The zero-order chi connectivity index (χ0) is 21.6. The minimum atomic E-state index is -3.98. The first-order valence-corrected chi connectivity index (χ1v) is 10.2. The third kappa shape index (κ3) is 5.24.